The third kappa shape index (κ3) is 7.89. The molecule has 8 heteroatoms. The number of aromatic nitrogens is 1. The van der Waals surface area contributed by atoms with Crippen molar-refractivity contribution in [3.05, 3.63) is 66.4 Å². The third-order valence-electron chi connectivity index (χ3n) is 5.91. The number of nitrogens with zero attached hydrogens (tertiary/aromatic N) is 3. The van der Waals surface area contributed by atoms with Crippen LogP contribution in [0.3, 0.4) is 0 Å². The van der Waals surface area contributed by atoms with Gasteiger partial charge in [0.2, 0.25) is 0 Å². The van der Waals surface area contributed by atoms with Gasteiger partial charge in [-0.2, -0.15) is 0 Å². The summed E-state index contributed by atoms with van der Waals surface area (Å²) >= 11 is 0. The van der Waals surface area contributed by atoms with Crippen LogP contribution < -0.4 is 15.4 Å². The number of hydrogen-bond donors (Lipinski definition) is 2. The second kappa shape index (κ2) is 14.2. The zero-order valence-corrected chi connectivity index (χ0v) is 22.2. The maximum atomic E-state index is 5.97. The quantitative estimate of drug-likeness (QED) is 0.167. The SMILES string of the molecule is CN=C(NCCCn1ccc2ccccc21)NCc1cccc(OCCN2CCOCC2)c1.I. The van der Waals surface area contributed by atoms with E-state index in [2.05, 4.69) is 73.8 Å². The highest BCUT2D eigenvalue weighted by Gasteiger charge is 2.10. The number of hydrogen-bond acceptors (Lipinski definition) is 4. The van der Waals surface area contributed by atoms with Crippen molar-refractivity contribution in [2.45, 2.75) is 19.5 Å². The Hall–Kier alpha value is -2.30. The second-order valence-electron chi connectivity index (χ2n) is 8.22. The van der Waals surface area contributed by atoms with Gasteiger partial charge in [0, 0.05) is 58.0 Å². The number of fused-ring (bicyclic) bond motifs is 1. The standard InChI is InChI=1S/C26H35N5O2.HI/c1-27-26(28-11-5-12-31-13-10-23-7-2-3-9-25(23)31)29-21-22-6-4-8-24(20-22)33-19-16-30-14-17-32-18-15-30;/h2-4,6-10,13,20H,5,11-12,14-19,21H2,1H3,(H2,27,28,29);1H. The van der Waals surface area contributed by atoms with Crippen molar-refractivity contribution in [3.8, 4) is 5.75 Å². The smallest absolute Gasteiger partial charge is 0.191 e. The molecule has 0 atom stereocenters. The van der Waals surface area contributed by atoms with Crippen molar-refractivity contribution in [1.82, 2.24) is 20.1 Å². The van der Waals surface area contributed by atoms with E-state index >= 15 is 0 Å². The van der Waals surface area contributed by atoms with Crippen molar-refractivity contribution >= 4 is 40.8 Å². The van der Waals surface area contributed by atoms with Crippen LogP contribution in [0.25, 0.3) is 10.9 Å². The number of morpholine rings is 1. The highest BCUT2D eigenvalue weighted by Crippen LogP contribution is 2.15. The van der Waals surface area contributed by atoms with E-state index in [4.69, 9.17) is 9.47 Å². The first-order valence-corrected chi connectivity index (χ1v) is 11.8. The van der Waals surface area contributed by atoms with Gasteiger partial charge in [0.1, 0.15) is 12.4 Å². The molecule has 0 amide bonds. The Morgan fingerprint density at radius 1 is 1.03 bits per heavy atom. The Labute approximate surface area is 219 Å². The van der Waals surface area contributed by atoms with Gasteiger partial charge in [0.05, 0.1) is 13.2 Å². The molecule has 1 aliphatic rings. The number of rotatable bonds is 10. The van der Waals surface area contributed by atoms with Crippen molar-refractivity contribution in [1.29, 1.82) is 0 Å². The van der Waals surface area contributed by atoms with Crippen LogP contribution in [0.2, 0.25) is 0 Å². The lowest BCUT2D eigenvalue weighted by molar-refractivity contribution is 0.0322. The normalized spacial score (nSPS) is 14.6. The molecular weight excluding hydrogens is 541 g/mol. The number of aryl methyl sites for hydroxylation is 1. The van der Waals surface area contributed by atoms with E-state index in [1.165, 1.54) is 16.5 Å². The molecule has 1 fully saturated rings. The topological polar surface area (TPSA) is 63.0 Å². The minimum absolute atomic E-state index is 0. The van der Waals surface area contributed by atoms with Crippen LogP contribution in [0.5, 0.6) is 5.75 Å². The minimum Gasteiger partial charge on any atom is -0.492 e. The summed E-state index contributed by atoms with van der Waals surface area (Å²) in [5.41, 5.74) is 2.45. The first-order valence-electron chi connectivity index (χ1n) is 11.8. The van der Waals surface area contributed by atoms with E-state index in [0.717, 1.165) is 64.1 Å². The molecule has 7 nitrogen and oxygen atoms in total. The van der Waals surface area contributed by atoms with E-state index < -0.39 is 0 Å². The highest BCUT2D eigenvalue weighted by molar-refractivity contribution is 14.0. The van der Waals surface area contributed by atoms with Gasteiger partial charge < -0.3 is 24.7 Å². The van der Waals surface area contributed by atoms with Crippen molar-refractivity contribution in [3.63, 3.8) is 0 Å². The average molecular weight is 578 g/mol. The fourth-order valence-corrected chi connectivity index (χ4v) is 4.06. The summed E-state index contributed by atoms with van der Waals surface area (Å²) in [6, 6.07) is 18.9. The molecule has 34 heavy (non-hydrogen) atoms. The summed E-state index contributed by atoms with van der Waals surface area (Å²) in [5, 5.41) is 8.10. The number of halogens is 1. The number of aliphatic imine (C=N–C) groups is 1. The van der Waals surface area contributed by atoms with Crippen LogP contribution in [-0.2, 0) is 17.8 Å². The molecule has 0 saturated carbocycles. The molecule has 184 valence electrons. The van der Waals surface area contributed by atoms with Gasteiger partial charge in [-0.25, -0.2) is 0 Å². The van der Waals surface area contributed by atoms with Gasteiger partial charge in [-0.15, -0.1) is 24.0 Å². The number of ether oxygens (including phenoxy) is 2. The van der Waals surface area contributed by atoms with Crippen LogP contribution in [0.1, 0.15) is 12.0 Å². The summed E-state index contributed by atoms with van der Waals surface area (Å²) in [5.74, 6) is 1.72. The Morgan fingerprint density at radius 3 is 2.74 bits per heavy atom. The molecule has 0 radical (unpaired) electrons. The Balaban J connectivity index is 0.00000324. The molecule has 0 aliphatic carbocycles. The van der Waals surface area contributed by atoms with Gasteiger partial charge in [-0.1, -0.05) is 30.3 Å². The molecule has 4 rings (SSSR count). The maximum absolute atomic E-state index is 5.97. The van der Waals surface area contributed by atoms with Crippen LogP contribution in [0.4, 0.5) is 0 Å². The molecule has 0 unspecified atom stereocenters. The Kier molecular flexibility index (Phi) is 11.0. The van der Waals surface area contributed by atoms with Crippen LogP contribution in [0.15, 0.2) is 65.8 Å². The van der Waals surface area contributed by atoms with E-state index in [0.29, 0.717) is 13.2 Å². The Morgan fingerprint density at radius 2 is 1.88 bits per heavy atom. The lowest BCUT2D eigenvalue weighted by Crippen LogP contribution is -2.38. The molecule has 2 N–H and O–H groups in total. The maximum Gasteiger partial charge on any atom is 0.191 e. The van der Waals surface area contributed by atoms with Gasteiger partial charge >= 0.3 is 0 Å². The summed E-state index contributed by atoms with van der Waals surface area (Å²) in [4.78, 5) is 6.73. The van der Waals surface area contributed by atoms with Crippen molar-refractivity contribution in [2.24, 2.45) is 4.99 Å². The molecule has 0 spiro atoms. The summed E-state index contributed by atoms with van der Waals surface area (Å²) in [7, 11) is 1.81. The van der Waals surface area contributed by atoms with E-state index in [9.17, 15) is 0 Å². The number of guanidine groups is 1. The van der Waals surface area contributed by atoms with Crippen molar-refractivity contribution < 1.29 is 9.47 Å². The molecule has 2 heterocycles. The summed E-state index contributed by atoms with van der Waals surface area (Å²) in [6.07, 6.45) is 3.18. The molecular formula is C26H36IN5O2. The lowest BCUT2D eigenvalue weighted by atomic mass is 10.2. The highest BCUT2D eigenvalue weighted by atomic mass is 127. The molecule has 1 aromatic heterocycles. The Bertz CT molecular complexity index is 1030. The molecule has 2 aromatic carbocycles. The average Bonchev–Trinajstić information content (AvgIpc) is 3.28. The molecule has 1 aliphatic heterocycles. The van der Waals surface area contributed by atoms with Crippen LogP contribution in [0, 0.1) is 0 Å². The van der Waals surface area contributed by atoms with Gasteiger partial charge in [0.15, 0.2) is 5.96 Å². The third-order valence-corrected chi connectivity index (χ3v) is 5.91. The number of benzene rings is 2. The molecule has 1 saturated heterocycles. The number of nitrogens with one attached hydrogen (secondary N) is 2. The minimum atomic E-state index is 0. The lowest BCUT2D eigenvalue weighted by Gasteiger charge is -2.26. The zero-order valence-electron chi connectivity index (χ0n) is 19.9. The van der Waals surface area contributed by atoms with Crippen LogP contribution >= 0.6 is 24.0 Å². The van der Waals surface area contributed by atoms with Gasteiger partial charge in [0.25, 0.3) is 0 Å². The predicted octanol–water partition coefficient (Wildman–Crippen LogP) is 3.73. The van der Waals surface area contributed by atoms with Gasteiger partial charge in [-0.3, -0.25) is 9.89 Å². The van der Waals surface area contributed by atoms with Crippen molar-refractivity contribution in [2.75, 3.05) is 53.0 Å². The summed E-state index contributed by atoms with van der Waals surface area (Å²) in [6.45, 7) is 7.77. The largest absolute Gasteiger partial charge is 0.492 e. The predicted molar refractivity (Wildman–Crippen MR) is 149 cm³/mol. The molecule has 3 aromatic rings. The monoisotopic (exact) mass is 577 g/mol. The summed E-state index contributed by atoms with van der Waals surface area (Å²) < 4.78 is 13.7. The van der Waals surface area contributed by atoms with E-state index in [1.54, 1.807) is 7.05 Å². The van der Waals surface area contributed by atoms with Gasteiger partial charge in [-0.05, 0) is 41.6 Å². The first kappa shape index (κ1) is 26.3. The van der Waals surface area contributed by atoms with Crippen LogP contribution in [-0.4, -0.2) is 68.5 Å². The fourth-order valence-electron chi connectivity index (χ4n) is 4.06. The first-order chi connectivity index (χ1) is 16.3. The molecule has 0 bridgehead atoms. The second-order valence-corrected chi connectivity index (χ2v) is 8.22. The van der Waals surface area contributed by atoms with E-state index in [-0.39, 0.29) is 24.0 Å². The number of para-hydroxylation sites is 1. The fraction of sp³-hybridized carbons (Fsp3) is 0.423. The zero-order chi connectivity index (χ0) is 22.7. The van der Waals surface area contributed by atoms with E-state index in [1.807, 2.05) is 12.1 Å².